The summed E-state index contributed by atoms with van der Waals surface area (Å²) < 4.78 is 4.99. The van der Waals surface area contributed by atoms with Crippen molar-refractivity contribution in [3.63, 3.8) is 0 Å². The lowest BCUT2D eigenvalue weighted by Crippen LogP contribution is -2.48. The van der Waals surface area contributed by atoms with Crippen LogP contribution in [0.3, 0.4) is 0 Å². The van der Waals surface area contributed by atoms with Gasteiger partial charge in [0, 0.05) is 38.7 Å². The van der Waals surface area contributed by atoms with Gasteiger partial charge in [-0.1, -0.05) is 24.2 Å². The van der Waals surface area contributed by atoms with Gasteiger partial charge in [0.15, 0.2) is 5.82 Å². The minimum atomic E-state index is 0.114. The van der Waals surface area contributed by atoms with Gasteiger partial charge in [-0.15, -0.1) is 0 Å². The molecule has 2 aromatic rings. The number of rotatable bonds is 4. The van der Waals surface area contributed by atoms with Crippen molar-refractivity contribution in [2.75, 3.05) is 26.2 Å². The Hall–Kier alpha value is -2.21. The van der Waals surface area contributed by atoms with Crippen LogP contribution in [0.2, 0.25) is 0 Å². The van der Waals surface area contributed by atoms with E-state index in [1.54, 1.807) is 6.92 Å². The van der Waals surface area contributed by atoms with Crippen molar-refractivity contribution < 1.29 is 9.32 Å². The second-order valence-corrected chi connectivity index (χ2v) is 5.85. The van der Waals surface area contributed by atoms with Crippen molar-refractivity contribution in [2.45, 2.75) is 26.8 Å². The van der Waals surface area contributed by atoms with Crippen LogP contribution in [0.25, 0.3) is 0 Å². The minimum absolute atomic E-state index is 0.114. The first-order valence-electron chi connectivity index (χ1n) is 8.05. The van der Waals surface area contributed by atoms with E-state index in [0.717, 1.165) is 38.2 Å². The maximum absolute atomic E-state index is 12.5. The first kappa shape index (κ1) is 15.7. The van der Waals surface area contributed by atoms with Gasteiger partial charge in [-0.05, 0) is 24.1 Å². The molecule has 0 aliphatic carbocycles. The summed E-state index contributed by atoms with van der Waals surface area (Å²) in [6.45, 7) is 7.68. The number of hydrogen-bond donors (Lipinski definition) is 0. The van der Waals surface area contributed by atoms with E-state index in [-0.39, 0.29) is 5.91 Å². The highest BCUT2D eigenvalue weighted by molar-refractivity contribution is 5.94. The van der Waals surface area contributed by atoms with Gasteiger partial charge in [0.25, 0.3) is 5.91 Å². The highest BCUT2D eigenvalue weighted by atomic mass is 16.5. The Morgan fingerprint density at radius 3 is 2.43 bits per heavy atom. The quantitative estimate of drug-likeness (QED) is 0.862. The van der Waals surface area contributed by atoms with E-state index in [1.807, 2.05) is 29.2 Å². The predicted molar refractivity (Wildman–Crippen MR) is 86.0 cm³/mol. The summed E-state index contributed by atoms with van der Waals surface area (Å²) in [7, 11) is 0. The van der Waals surface area contributed by atoms with E-state index < -0.39 is 0 Å². The molecule has 0 saturated carbocycles. The summed E-state index contributed by atoms with van der Waals surface area (Å²) in [5.41, 5.74) is 2.02. The second-order valence-electron chi connectivity index (χ2n) is 5.85. The summed E-state index contributed by atoms with van der Waals surface area (Å²) in [5.74, 6) is 1.41. The summed E-state index contributed by atoms with van der Waals surface area (Å²) in [5, 5.41) is 3.92. The molecule has 1 saturated heterocycles. The number of nitrogens with zero attached hydrogens (tertiary/aromatic N) is 4. The van der Waals surface area contributed by atoms with Gasteiger partial charge in [0.2, 0.25) is 5.89 Å². The summed E-state index contributed by atoms with van der Waals surface area (Å²) in [6.07, 6.45) is 0.989. The number of aryl methyl sites for hydroxylation is 2. The van der Waals surface area contributed by atoms with Gasteiger partial charge in [-0.2, -0.15) is 4.98 Å². The molecule has 1 aliphatic heterocycles. The lowest BCUT2D eigenvalue weighted by atomic mass is 10.1. The second kappa shape index (κ2) is 6.91. The third-order valence-electron chi connectivity index (χ3n) is 4.20. The molecule has 0 radical (unpaired) electrons. The van der Waals surface area contributed by atoms with Crippen LogP contribution in [-0.2, 0) is 13.0 Å². The van der Waals surface area contributed by atoms with Crippen LogP contribution >= 0.6 is 0 Å². The topological polar surface area (TPSA) is 62.5 Å². The predicted octanol–water partition coefficient (Wildman–Crippen LogP) is 1.90. The molecule has 3 rings (SSSR count). The molecule has 6 heteroatoms. The van der Waals surface area contributed by atoms with Crippen molar-refractivity contribution in [2.24, 2.45) is 0 Å². The first-order chi connectivity index (χ1) is 11.2. The van der Waals surface area contributed by atoms with E-state index in [1.165, 1.54) is 5.56 Å². The van der Waals surface area contributed by atoms with Crippen molar-refractivity contribution >= 4 is 5.91 Å². The Morgan fingerprint density at radius 1 is 1.17 bits per heavy atom. The molecule has 0 unspecified atom stereocenters. The van der Waals surface area contributed by atoms with Crippen LogP contribution in [-0.4, -0.2) is 52.0 Å². The molecule has 0 bridgehead atoms. The van der Waals surface area contributed by atoms with Gasteiger partial charge in [-0.25, -0.2) is 0 Å². The molecule has 23 heavy (non-hydrogen) atoms. The third kappa shape index (κ3) is 3.76. The van der Waals surface area contributed by atoms with Gasteiger partial charge >= 0.3 is 0 Å². The highest BCUT2D eigenvalue weighted by Gasteiger charge is 2.23. The van der Waals surface area contributed by atoms with E-state index in [4.69, 9.17) is 4.52 Å². The van der Waals surface area contributed by atoms with Crippen molar-refractivity contribution in [3.05, 3.63) is 47.1 Å². The monoisotopic (exact) mass is 314 g/mol. The average Bonchev–Trinajstić information content (AvgIpc) is 3.00. The molecular formula is C17H22N4O2. The zero-order valence-electron chi connectivity index (χ0n) is 13.7. The Kier molecular flexibility index (Phi) is 4.71. The summed E-state index contributed by atoms with van der Waals surface area (Å²) in [6, 6.07) is 7.91. The molecule has 0 N–H and O–H groups in total. The van der Waals surface area contributed by atoms with Gasteiger partial charge in [0.05, 0.1) is 6.54 Å². The molecular weight excluding hydrogens is 292 g/mol. The molecule has 0 atom stereocenters. The molecule has 1 aromatic carbocycles. The van der Waals surface area contributed by atoms with Crippen LogP contribution in [0.4, 0.5) is 0 Å². The fraction of sp³-hybridized carbons (Fsp3) is 0.471. The number of carbonyl (C=O) groups excluding carboxylic acids is 1. The van der Waals surface area contributed by atoms with Crippen LogP contribution in [0, 0.1) is 6.92 Å². The number of carbonyl (C=O) groups is 1. The maximum Gasteiger partial charge on any atom is 0.253 e. The number of hydrogen-bond acceptors (Lipinski definition) is 5. The molecule has 1 fully saturated rings. The van der Waals surface area contributed by atoms with Crippen molar-refractivity contribution in [1.82, 2.24) is 19.9 Å². The summed E-state index contributed by atoms with van der Waals surface area (Å²) in [4.78, 5) is 20.9. The molecule has 6 nitrogen and oxygen atoms in total. The molecule has 2 heterocycles. The van der Waals surface area contributed by atoms with Crippen LogP contribution in [0.15, 0.2) is 28.8 Å². The lowest BCUT2D eigenvalue weighted by Gasteiger charge is -2.34. The zero-order chi connectivity index (χ0) is 16.2. The Balaban J connectivity index is 1.54. The van der Waals surface area contributed by atoms with E-state index in [9.17, 15) is 4.79 Å². The van der Waals surface area contributed by atoms with Crippen LogP contribution in [0.1, 0.15) is 34.6 Å². The fourth-order valence-corrected chi connectivity index (χ4v) is 2.78. The Labute approximate surface area is 136 Å². The molecule has 0 spiro atoms. The standard InChI is InChI=1S/C17H22N4O2/c1-3-14-4-6-15(7-5-14)17(22)21-10-8-20(9-11-21)12-16-18-13(2)23-19-16/h4-7H,3,8-12H2,1-2H3. The van der Waals surface area contributed by atoms with E-state index >= 15 is 0 Å². The van der Waals surface area contributed by atoms with E-state index in [2.05, 4.69) is 22.0 Å². The molecule has 1 aliphatic rings. The largest absolute Gasteiger partial charge is 0.340 e. The third-order valence-corrected chi connectivity index (χ3v) is 4.20. The van der Waals surface area contributed by atoms with Gasteiger partial charge in [-0.3, -0.25) is 9.69 Å². The molecule has 1 amide bonds. The number of piperazine rings is 1. The Bertz CT molecular complexity index is 657. The smallest absolute Gasteiger partial charge is 0.253 e. The van der Waals surface area contributed by atoms with E-state index in [0.29, 0.717) is 18.3 Å². The fourth-order valence-electron chi connectivity index (χ4n) is 2.78. The number of benzene rings is 1. The molecule has 1 aromatic heterocycles. The number of aromatic nitrogens is 2. The van der Waals surface area contributed by atoms with Crippen LogP contribution in [0.5, 0.6) is 0 Å². The maximum atomic E-state index is 12.5. The van der Waals surface area contributed by atoms with Gasteiger partial charge < -0.3 is 9.42 Å². The first-order valence-corrected chi connectivity index (χ1v) is 8.05. The SMILES string of the molecule is CCc1ccc(C(=O)N2CCN(Cc3noc(C)n3)CC2)cc1. The lowest BCUT2D eigenvalue weighted by molar-refractivity contribution is 0.0624. The minimum Gasteiger partial charge on any atom is -0.340 e. The van der Waals surface area contributed by atoms with Crippen LogP contribution < -0.4 is 0 Å². The van der Waals surface area contributed by atoms with Crippen molar-refractivity contribution in [1.29, 1.82) is 0 Å². The summed E-state index contributed by atoms with van der Waals surface area (Å²) >= 11 is 0. The Morgan fingerprint density at radius 2 is 1.87 bits per heavy atom. The average molecular weight is 314 g/mol. The normalized spacial score (nSPS) is 15.8. The highest BCUT2D eigenvalue weighted by Crippen LogP contribution is 2.12. The van der Waals surface area contributed by atoms with Crippen molar-refractivity contribution in [3.8, 4) is 0 Å². The zero-order valence-corrected chi connectivity index (χ0v) is 13.7. The number of amides is 1. The molecule has 122 valence electrons. The van der Waals surface area contributed by atoms with Gasteiger partial charge in [0.1, 0.15) is 0 Å².